The Bertz CT molecular complexity index is 965. The van der Waals surface area contributed by atoms with Crippen LogP contribution in [0.15, 0.2) is 42.5 Å². The van der Waals surface area contributed by atoms with Crippen molar-refractivity contribution in [2.24, 2.45) is 0 Å². The summed E-state index contributed by atoms with van der Waals surface area (Å²) in [6.07, 6.45) is 0. The van der Waals surface area contributed by atoms with Crippen LogP contribution in [0.2, 0.25) is 0 Å². The number of quaternary nitrogens is 1. The first-order valence-corrected chi connectivity index (χ1v) is 10.6. The van der Waals surface area contributed by atoms with Crippen molar-refractivity contribution in [2.45, 2.75) is 13.8 Å². The lowest BCUT2D eigenvalue weighted by atomic mass is 10.1. The molecular weight excluding hydrogens is 370 g/mol. The highest BCUT2D eigenvalue weighted by Gasteiger charge is 2.24. The average Bonchev–Trinajstić information content (AvgIpc) is 3.13. The topological polar surface area (TPSA) is 46.9 Å². The fourth-order valence-corrected chi connectivity index (χ4v) is 4.84. The molecule has 6 heteroatoms. The van der Waals surface area contributed by atoms with Gasteiger partial charge in [-0.1, -0.05) is 35.6 Å². The fraction of sp³-hybridized carbons (Fsp3) is 0.364. The van der Waals surface area contributed by atoms with Gasteiger partial charge in [0, 0.05) is 5.56 Å². The Morgan fingerprint density at radius 2 is 1.93 bits per heavy atom. The van der Waals surface area contributed by atoms with Crippen LogP contribution in [0.3, 0.4) is 0 Å². The molecule has 0 spiro atoms. The molecule has 1 aliphatic rings. The molecule has 0 aliphatic carbocycles. The van der Waals surface area contributed by atoms with Gasteiger partial charge in [0.05, 0.1) is 36.5 Å². The maximum atomic E-state index is 13.3. The number of hydrogen-bond donors (Lipinski definition) is 1. The summed E-state index contributed by atoms with van der Waals surface area (Å²) in [6, 6.07) is 13.8. The Morgan fingerprint density at radius 1 is 1.18 bits per heavy atom. The molecule has 3 aromatic rings. The van der Waals surface area contributed by atoms with Gasteiger partial charge in [0.1, 0.15) is 13.1 Å². The first-order valence-electron chi connectivity index (χ1n) is 9.78. The minimum atomic E-state index is 0.0155. The third-order valence-corrected chi connectivity index (χ3v) is 6.23. The predicted molar refractivity (Wildman–Crippen MR) is 114 cm³/mol. The molecule has 28 heavy (non-hydrogen) atoms. The van der Waals surface area contributed by atoms with Gasteiger partial charge in [-0.25, -0.2) is 4.98 Å². The van der Waals surface area contributed by atoms with E-state index in [0.29, 0.717) is 12.1 Å². The van der Waals surface area contributed by atoms with E-state index in [2.05, 4.69) is 26.0 Å². The number of aryl methyl sites for hydroxylation is 2. The number of thiazole rings is 1. The number of carbonyl (C=O) groups is 1. The van der Waals surface area contributed by atoms with Gasteiger partial charge in [-0.05, 0) is 43.2 Å². The summed E-state index contributed by atoms with van der Waals surface area (Å²) in [6.45, 7) is 9.30. The summed E-state index contributed by atoms with van der Waals surface area (Å²) >= 11 is 1.60. The van der Waals surface area contributed by atoms with Crippen LogP contribution in [-0.4, -0.2) is 50.3 Å². The highest BCUT2D eigenvalue weighted by Crippen LogP contribution is 2.32. The molecule has 1 amide bonds. The number of carbonyl (C=O) groups excluding carboxylic acids is 1. The Balaban J connectivity index is 1.65. The second kappa shape index (κ2) is 8.39. The summed E-state index contributed by atoms with van der Waals surface area (Å²) in [5.74, 6) is 0.0155. The maximum absolute atomic E-state index is 13.3. The highest BCUT2D eigenvalue weighted by molar-refractivity contribution is 7.22. The largest absolute Gasteiger partial charge is 0.370 e. The predicted octanol–water partition coefficient (Wildman–Crippen LogP) is 2.48. The van der Waals surface area contributed by atoms with Crippen molar-refractivity contribution in [2.75, 3.05) is 44.3 Å². The molecule has 1 saturated heterocycles. The molecular formula is C22H26N3O2S+. The summed E-state index contributed by atoms with van der Waals surface area (Å²) in [5, 5.41) is 0.783. The summed E-state index contributed by atoms with van der Waals surface area (Å²) < 4.78 is 6.60. The Morgan fingerprint density at radius 3 is 2.68 bits per heavy atom. The molecule has 0 saturated carbocycles. The van der Waals surface area contributed by atoms with E-state index in [1.807, 2.05) is 35.2 Å². The normalized spacial score (nSPS) is 15.1. The number of rotatable bonds is 5. The van der Waals surface area contributed by atoms with E-state index in [-0.39, 0.29) is 5.91 Å². The summed E-state index contributed by atoms with van der Waals surface area (Å²) in [7, 11) is 0. The number of hydrogen-bond acceptors (Lipinski definition) is 4. The molecule has 2 heterocycles. The lowest BCUT2D eigenvalue weighted by Crippen LogP contribution is -3.14. The maximum Gasteiger partial charge on any atom is 0.260 e. The van der Waals surface area contributed by atoms with Crippen LogP contribution >= 0.6 is 11.3 Å². The first-order chi connectivity index (χ1) is 13.6. The third-order valence-electron chi connectivity index (χ3n) is 5.20. The van der Waals surface area contributed by atoms with Crippen molar-refractivity contribution in [3.8, 4) is 0 Å². The van der Waals surface area contributed by atoms with Crippen LogP contribution in [0.1, 0.15) is 21.5 Å². The number of fused-ring (bicyclic) bond motifs is 1. The third kappa shape index (κ3) is 4.09. The highest BCUT2D eigenvalue weighted by atomic mass is 32.1. The van der Waals surface area contributed by atoms with Crippen LogP contribution in [0, 0.1) is 13.8 Å². The lowest BCUT2D eigenvalue weighted by molar-refractivity contribution is -0.906. The molecule has 2 aromatic carbocycles. The van der Waals surface area contributed by atoms with E-state index < -0.39 is 0 Å². The van der Waals surface area contributed by atoms with Gasteiger partial charge in [0.2, 0.25) is 0 Å². The van der Waals surface area contributed by atoms with Gasteiger partial charge >= 0.3 is 0 Å². The van der Waals surface area contributed by atoms with Gasteiger partial charge in [-0.15, -0.1) is 0 Å². The number of anilines is 1. The van der Waals surface area contributed by atoms with Crippen LogP contribution in [-0.2, 0) is 4.74 Å². The molecule has 1 fully saturated rings. The van der Waals surface area contributed by atoms with E-state index in [1.54, 1.807) is 11.3 Å². The van der Waals surface area contributed by atoms with Gasteiger partial charge < -0.3 is 9.64 Å². The summed E-state index contributed by atoms with van der Waals surface area (Å²) in [4.78, 5) is 21.5. The van der Waals surface area contributed by atoms with Crippen molar-refractivity contribution in [1.82, 2.24) is 4.98 Å². The van der Waals surface area contributed by atoms with Crippen LogP contribution in [0.5, 0.6) is 0 Å². The van der Waals surface area contributed by atoms with Gasteiger partial charge in [0.25, 0.3) is 5.91 Å². The summed E-state index contributed by atoms with van der Waals surface area (Å²) in [5.41, 5.74) is 4.07. The van der Waals surface area contributed by atoms with Crippen LogP contribution in [0.25, 0.3) is 10.2 Å². The van der Waals surface area contributed by atoms with Gasteiger partial charge in [-0.3, -0.25) is 9.69 Å². The van der Waals surface area contributed by atoms with Crippen molar-refractivity contribution in [1.29, 1.82) is 0 Å². The van der Waals surface area contributed by atoms with Crippen molar-refractivity contribution in [3.05, 3.63) is 59.2 Å². The molecule has 4 rings (SSSR count). The van der Waals surface area contributed by atoms with E-state index >= 15 is 0 Å². The zero-order valence-corrected chi connectivity index (χ0v) is 17.2. The van der Waals surface area contributed by atoms with E-state index in [0.717, 1.165) is 53.8 Å². The zero-order valence-electron chi connectivity index (χ0n) is 16.4. The molecule has 1 aliphatic heterocycles. The molecule has 1 N–H and O–H groups in total. The second-order valence-corrected chi connectivity index (χ2v) is 8.37. The lowest BCUT2D eigenvalue weighted by Gasteiger charge is -2.26. The Labute approximate surface area is 169 Å². The monoisotopic (exact) mass is 396 g/mol. The van der Waals surface area contributed by atoms with Crippen LogP contribution in [0.4, 0.5) is 5.13 Å². The number of aromatic nitrogens is 1. The van der Waals surface area contributed by atoms with Gasteiger partial charge in [0.15, 0.2) is 5.13 Å². The average molecular weight is 397 g/mol. The minimum Gasteiger partial charge on any atom is -0.370 e. The molecule has 1 aromatic heterocycles. The van der Waals surface area contributed by atoms with Crippen LogP contribution < -0.4 is 9.80 Å². The SMILES string of the molecule is Cc1cc(C)c2nc(N(CC[NH+]3CCOCC3)C(=O)c3ccccc3)sc2c1. The molecule has 0 bridgehead atoms. The number of morpholine rings is 1. The number of ether oxygens (including phenoxy) is 1. The molecule has 5 nitrogen and oxygen atoms in total. The Kier molecular flexibility index (Phi) is 5.71. The van der Waals surface area contributed by atoms with E-state index in [4.69, 9.17) is 9.72 Å². The second-order valence-electron chi connectivity index (χ2n) is 7.36. The number of benzene rings is 2. The van der Waals surface area contributed by atoms with E-state index in [9.17, 15) is 4.79 Å². The molecule has 0 unspecified atom stereocenters. The van der Waals surface area contributed by atoms with Crippen molar-refractivity contribution in [3.63, 3.8) is 0 Å². The minimum absolute atomic E-state index is 0.0155. The van der Waals surface area contributed by atoms with E-state index in [1.165, 1.54) is 10.5 Å². The first kappa shape index (κ1) is 19.1. The molecule has 0 atom stereocenters. The fourth-order valence-electron chi connectivity index (χ4n) is 3.67. The number of amides is 1. The Hall–Kier alpha value is -2.28. The van der Waals surface area contributed by atoms with Crippen molar-refractivity contribution < 1.29 is 14.4 Å². The standard InChI is InChI=1S/C22H25N3O2S/c1-16-14-17(2)20-19(15-16)28-22(23-20)25(9-8-24-10-12-27-13-11-24)21(26)18-6-4-3-5-7-18/h3-7,14-15H,8-13H2,1-2H3/p+1. The molecule has 0 radical (unpaired) electrons. The number of nitrogens with one attached hydrogen (secondary N) is 1. The smallest absolute Gasteiger partial charge is 0.260 e. The van der Waals surface area contributed by atoms with Crippen molar-refractivity contribution >= 4 is 32.6 Å². The zero-order chi connectivity index (χ0) is 19.5. The van der Waals surface area contributed by atoms with Gasteiger partial charge in [-0.2, -0.15) is 0 Å². The number of nitrogens with zero attached hydrogens (tertiary/aromatic N) is 2. The molecule has 146 valence electrons. The quantitative estimate of drug-likeness (QED) is 0.721.